The fourth-order valence-electron chi connectivity index (χ4n) is 2.80. The Morgan fingerprint density at radius 3 is 2.70 bits per heavy atom. The summed E-state index contributed by atoms with van der Waals surface area (Å²) in [7, 11) is 0. The molecule has 0 fully saturated rings. The maximum absolute atomic E-state index is 13.5. The van der Waals surface area contributed by atoms with Gasteiger partial charge in [0.25, 0.3) is 5.56 Å². The first kappa shape index (κ1) is 13.7. The number of benzene rings is 2. The van der Waals surface area contributed by atoms with E-state index in [4.69, 9.17) is 0 Å². The second-order valence-electron chi connectivity index (χ2n) is 5.22. The van der Waals surface area contributed by atoms with E-state index < -0.39 is 5.82 Å². The zero-order chi connectivity index (χ0) is 16.0. The number of fused-ring (bicyclic) bond motifs is 3. The molecule has 6 heteroatoms. The summed E-state index contributed by atoms with van der Waals surface area (Å²) in [4.78, 5) is 15.8. The predicted octanol–water partition coefficient (Wildman–Crippen LogP) is 2.50. The lowest BCUT2D eigenvalue weighted by Gasteiger charge is -2.07. The number of rotatable bonds is 2. The molecule has 5 nitrogen and oxygen atoms in total. The summed E-state index contributed by atoms with van der Waals surface area (Å²) in [6.07, 6.45) is 0. The molecule has 4 aromatic rings. The highest BCUT2D eigenvalue weighted by molar-refractivity contribution is 6.08. The van der Waals surface area contributed by atoms with Crippen molar-refractivity contribution < 1.29 is 9.50 Å². The Hall–Kier alpha value is -2.99. The van der Waals surface area contributed by atoms with E-state index in [-0.39, 0.29) is 12.2 Å². The third-order valence-electron chi connectivity index (χ3n) is 3.83. The van der Waals surface area contributed by atoms with Gasteiger partial charge in [-0.15, -0.1) is 0 Å². The first-order valence-electron chi connectivity index (χ1n) is 7.08. The van der Waals surface area contributed by atoms with E-state index in [1.165, 1.54) is 16.8 Å². The number of hydrogen-bond donors (Lipinski definition) is 2. The molecule has 0 bridgehead atoms. The number of para-hydroxylation sites is 1. The largest absolute Gasteiger partial charge is 0.390 e. The number of H-pyrrole nitrogens is 1. The number of halogens is 1. The number of nitrogens with one attached hydrogen (secondary N) is 1. The molecule has 0 amide bonds. The van der Waals surface area contributed by atoms with Gasteiger partial charge >= 0.3 is 0 Å². The van der Waals surface area contributed by atoms with Crippen molar-refractivity contribution in [2.75, 3.05) is 0 Å². The molecule has 0 unspecified atom stereocenters. The van der Waals surface area contributed by atoms with Gasteiger partial charge in [0.15, 0.2) is 0 Å². The zero-order valence-corrected chi connectivity index (χ0v) is 12.0. The fraction of sp³-hybridized carbons (Fsp3) is 0.0588. The summed E-state index contributed by atoms with van der Waals surface area (Å²) < 4.78 is 14.8. The summed E-state index contributed by atoms with van der Waals surface area (Å²) in [5, 5.41) is 14.9. The van der Waals surface area contributed by atoms with Crippen LogP contribution in [0.5, 0.6) is 0 Å². The average molecular weight is 309 g/mol. The third-order valence-corrected chi connectivity index (χ3v) is 3.83. The molecule has 23 heavy (non-hydrogen) atoms. The molecule has 2 aromatic carbocycles. The number of aromatic amines is 1. The lowest BCUT2D eigenvalue weighted by molar-refractivity contribution is 0.276. The molecule has 0 saturated carbocycles. The molecule has 0 aliphatic carbocycles. The minimum atomic E-state index is -0.408. The van der Waals surface area contributed by atoms with Crippen molar-refractivity contribution in [2.24, 2.45) is 0 Å². The van der Waals surface area contributed by atoms with Crippen LogP contribution in [-0.4, -0.2) is 19.9 Å². The summed E-state index contributed by atoms with van der Waals surface area (Å²) in [6.45, 7) is -0.354. The van der Waals surface area contributed by atoms with Gasteiger partial charge in [0.2, 0.25) is 0 Å². The molecule has 2 heterocycles. The maximum atomic E-state index is 13.5. The second kappa shape index (κ2) is 5.03. The SMILES string of the molecule is O=c1c2[nH]c3ccc(F)cc3c2c(CO)nn1-c1ccccc1. The molecule has 0 aliphatic rings. The Bertz CT molecular complexity index is 1080. The van der Waals surface area contributed by atoms with Crippen molar-refractivity contribution in [1.29, 1.82) is 0 Å². The van der Waals surface area contributed by atoms with Gasteiger partial charge in [-0.25, -0.2) is 4.39 Å². The highest BCUT2D eigenvalue weighted by atomic mass is 19.1. The lowest BCUT2D eigenvalue weighted by Crippen LogP contribution is -2.23. The molecule has 0 aliphatic heterocycles. The zero-order valence-electron chi connectivity index (χ0n) is 12.0. The Morgan fingerprint density at radius 2 is 1.96 bits per heavy atom. The lowest BCUT2D eigenvalue weighted by atomic mass is 10.1. The van der Waals surface area contributed by atoms with Crippen LogP contribution in [0.1, 0.15) is 5.69 Å². The molecule has 114 valence electrons. The highest BCUT2D eigenvalue weighted by Gasteiger charge is 2.16. The van der Waals surface area contributed by atoms with Gasteiger partial charge in [-0.2, -0.15) is 9.78 Å². The third kappa shape index (κ3) is 2.03. The van der Waals surface area contributed by atoms with Crippen LogP contribution >= 0.6 is 0 Å². The van der Waals surface area contributed by atoms with Crippen molar-refractivity contribution >= 4 is 21.8 Å². The highest BCUT2D eigenvalue weighted by Crippen LogP contribution is 2.26. The normalized spacial score (nSPS) is 11.4. The van der Waals surface area contributed by atoms with Gasteiger partial charge < -0.3 is 10.1 Å². The van der Waals surface area contributed by atoms with E-state index in [1.807, 2.05) is 6.07 Å². The van der Waals surface area contributed by atoms with E-state index in [2.05, 4.69) is 10.1 Å². The van der Waals surface area contributed by atoms with E-state index in [0.29, 0.717) is 33.2 Å². The quantitative estimate of drug-likeness (QED) is 0.597. The molecule has 2 aromatic heterocycles. The minimum absolute atomic E-state index is 0.300. The van der Waals surface area contributed by atoms with Crippen LogP contribution in [0.3, 0.4) is 0 Å². The predicted molar refractivity (Wildman–Crippen MR) is 85.1 cm³/mol. The van der Waals surface area contributed by atoms with Crippen molar-refractivity contribution in [1.82, 2.24) is 14.8 Å². The topological polar surface area (TPSA) is 70.9 Å². The van der Waals surface area contributed by atoms with Crippen LogP contribution in [0.2, 0.25) is 0 Å². The molecule has 2 N–H and O–H groups in total. The Morgan fingerprint density at radius 1 is 1.17 bits per heavy atom. The van der Waals surface area contributed by atoms with Crippen LogP contribution in [0, 0.1) is 5.82 Å². The summed E-state index contributed by atoms with van der Waals surface area (Å²) in [5.41, 5.74) is 1.49. The van der Waals surface area contributed by atoms with Crippen molar-refractivity contribution in [3.05, 3.63) is 70.4 Å². The number of aromatic nitrogens is 3. The summed E-state index contributed by atoms with van der Waals surface area (Å²) in [5.74, 6) is -0.408. The molecule has 0 radical (unpaired) electrons. The smallest absolute Gasteiger partial charge is 0.295 e. The van der Waals surface area contributed by atoms with Crippen LogP contribution in [-0.2, 0) is 6.61 Å². The van der Waals surface area contributed by atoms with E-state index >= 15 is 0 Å². The van der Waals surface area contributed by atoms with E-state index in [9.17, 15) is 14.3 Å². The Labute approximate surface area is 129 Å². The van der Waals surface area contributed by atoms with Gasteiger partial charge in [0.1, 0.15) is 11.3 Å². The maximum Gasteiger partial charge on any atom is 0.295 e. The molecular formula is C17H12FN3O2. The first-order chi connectivity index (χ1) is 11.2. The number of aliphatic hydroxyl groups excluding tert-OH is 1. The molecular weight excluding hydrogens is 297 g/mol. The van der Waals surface area contributed by atoms with Crippen LogP contribution in [0.15, 0.2) is 53.3 Å². The Balaban J connectivity index is 2.16. The second-order valence-corrected chi connectivity index (χ2v) is 5.22. The molecule has 0 atom stereocenters. The first-order valence-corrected chi connectivity index (χ1v) is 7.08. The number of aliphatic hydroxyl groups is 1. The van der Waals surface area contributed by atoms with Crippen LogP contribution in [0.25, 0.3) is 27.5 Å². The van der Waals surface area contributed by atoms with Gasteiger partial charge in [-0.1, -0.05) is 18.2 Å². The monoisotopic (exact) mass is 309 g/mol. The van der Waals surface area contributed by atoms with Gasteiger partial charge in [0.05, 0.1) is 18.0 Å². The van der Waals surface area contributed by atoms with Gasteiger partial charge in [0, 0.05) is 16.3 Å². The number of nitrogens with zero attached hydrogens (tertiary/aromatic N) is 2. The van der Waals surface area contributed by atoms with E-state index in [0.717, 1.165) is 0 Å². The van der Waals surface area contributed by atoms with Crippen molar-refractivity contribution in [3.63, 3.8) is 0 Å². The van der Waals surface area contributed by atoms with Gasteiger partial charge in [-0.05, 0) is 30.3 Å². The fourth-order valence-corrected chi connectivity index (χ4v) is 2.80. The average Bonchev–Trinajstić information content (AvgIpc) is 2.96. The molecule has 0 saturated heterocycles. The van der Waals surface area contributed by atoms with Gasteiger partial charge in [-0.3, -0.25) is 4.79 Å². The summed E-state index contributed by atoms with van der Waals surface area (Å²) in [6, 6.07) is 13.2. The molecule has 0 spiro atoms. The summed E-state index contributed by atoms with van der Waals surface area (Å²) >= 11 is 0. The van der Waals surface area contributed by atoms with Crippen LogP contribution in [0.4, 0.5) is 4.39 Å². The minimum Gasteiger partial charge on any atom is -0.390 e. The Kier molecular flexibility index (Phi) is 2.99. The number of hydrogen-bond acceptors (Lipinski definition) is 3. The van der Waals surface area contributed by atoms with Crippen LogP contribution < -0.4 is 5.56 Å². The van der Waals surface area contributed by atoms with Crippen molar-refractivity contribution in [2.45, 2.75) is 6.61 Å². The van der Waals surface area contributed by atoms with Crippen molar-refractivity contribution in [3.8, 4) is 5.69 Å². The molecule has 4 rings (SSSR count). The van der Waals surface area contributed by atoms with E-state index in [1.54, 1.807) is 30.3 Å². The standard InChI is InChI=1S/C17H12FN3O2/c18-10-6-7-13-12(8-10)15-14(9-22)20-21(17(23)16(15)19-13)11-4-2-1-3-5-11/h1-8,19,22H,9H2.